The molecule has 2 aliphatic rings. The number of halogens is 2. The van der Waals surface area contributed by atoms with Crippen molar-refractivity contribution < 1.29 is 13.5 Å². The lowest BCUT2D eigenvalue weighted by Crippen LogP contribution is -2.50. The molecule has 0 amide bonds. The first-order valence-corrected chi connectivity index (χ1v) is 12.9. The van der Waals surface area contributed by atoms with E-state index in [9.17, 15) is 4.39 Å². The standard InChI is InChI=1S/C28H30F2N6O/c1-17-15-31-11-13-36(17)27-21-14-23(30)25(20-9-3-6-18-7-4-10-22(29)24(18)20)32-26(21)33-28(34-27)37-16-19-8-5-12-35(19)2/h3-4,6-7,9-10,14,17,19,31H,5,8,11-13,15-16H2,1-2H3/t17?,19-/m0/s1. The zero-order valence-corrected chi connectivity index (χ0v) is 21.0. The summed E-state index contributed by atoms with van der Waals surface area (Å²) in [4.78, 5) is 18.4. The van der Waals surface area contributed by atoms with E-state index in [1.165, 1.54) is 12.1 Å². The van der Waals surface area contributed by atoms with Crippen LogP contribution >= 0.6 is 0 Å². The summed E-state index contributed by atoms with van der Waals surface area (Å²) in [6.07, 6.45) is 2.20. The van der Waals surface area contributed by atoms with Crippen LogP contribution in [0.2, 0.25) is 0 Å². The monoisotopic (exact) mass is 504 g/mol. The molecule has 9 heteroatoms. The highest BCUT2D eigenvalue weighted by molar-refractivity contribution is 5.98. The van der Waals surface area contributed by atoms with Gasteiger partial charge in [0, 0.05) is 42.7 Å². The van der Waals surface area contributed by atoms with E-state index < -0.39 is 11.6 Å². The molecule has 7 nitrogen and oxygen atoms in total. The molecule has 0 aliphatic carbocycles. The summed E-state index contributed by atoms with van der Waals surface area (Å²) in [7, 11) is 2.09. The second-order valence-corrected chi connectivity index (χ2v) is 10.00. The van der Waals surface area contributed by atoms with Crippen LogP contribution in [0.3, 0.4) is 0 Å². The molecule has 0 saturated carbocycles. The van der Waals surface area contributed by atoms with Crippen molar-refractivity contribution in [1.82, 2.24) is 25.2 Å². The molecule has 192 valence electrons. The van der Waals surface area contributed by atoms with E-state index in [1.54, 1.807) is 30.3 Å². The van der Waals surface area contributed by atoms with E-state index >= 15 is 4.39 Å². The van der Waals surface area contributed by atoms with Crippen LogP contribution in [0.1, 0.15) is 19.8 Å². The van der Waals surface area contributed by atoms with Gasteiger partial charge in [-0.1, -0.05) is 30.3 Å². The third-order valence-electron chi connectivity index (χ3n) is 7.56. The molecule has 2 aromatic carbocycles. The Kier molecular flexibility index (Phi) is 6.34. The lowest BCUT2D eigenvalue weighted by atomic mass is 10.0. The van der Waals surface area contributed by atoms with Crippen molar-refractivity contribution in [3.05, 3.63) is 54.1 Å². The van der Waals surface area contributed by atoms with Gasteiger partial charge in [-0.25, -0.2) is 13.8 Å². The summed E-state index contributed by atoms with van der Waals surface area (Å²) in [5, 5.41) is 4.91. The maximum atomic E-state index is 15.7. The number of benzene rings is 2. The minimum Gasteiger partial charge on any atom is -0.462 e. The molecule has 37 heavy (non-hydrogen) atoms. The molecule has 2 aliphatic heterocycles. The fourth-order valence-electron chi connectivity index (χ4n) is 5.48. The van der Waals surface area contributed by atoms with Crippen LogP contribution in [0, 0.1) is 11.6 Å². The first-order chi connectivity index (χ1) is 18.0. The average Bonchev–Trinajstić information content (AvgIpc) is 3.31. The number of aromatic nitrogens is 3. The van der Waals surface area contributed by atoms with Crippen LogP contribution in [-0.4, -0.2) is 71.8 Å². The molecule has 2 atom stereocenters. The van der Waals surface area contributed by atoms with Gasteiger partial charge in [0.2, 0.25) is 0 Å². The normalized spacial score (nSPS) is 20.7. The second kappa shape index (κ2) is 9.79. The number of nitrogens with zero attached hydrogens (tertiary/aromatic N) is 5. The Morgan fingerprint density at radius 3 is 2.68 bits per heavy atom. The molecule has 1 N–H and O–H groups in total. The van der Waals surface area contributed by atoms with Gasteiger partial charge < -0.3 is 19.9 Å². The van der Waals surface area contributed by atoms with Crippen LogP contribution in [0.5, 0.6) is 6.01 Å². The molecule has 1 unspecified atom stereocenters. The van der Waals surface area contributed by atoms with E-state index in [0.29, 0.717) is 45.8 Å². The Bertz CT molecular complexity index is 1460. The first kappa shape index (κ1) is 23.9. The number of rotatable bonds is 5. The summed E-state index contributed by atoms with van der Waals surface area (Å²) < 4.78 is 36.7. The van der Waals surface area contributed by atoms with E-state index in [1.807, 2.05) is 0 Å². The lowest BCUT2D eigenvalue weighted by Gasteiger charge is -2.35. The Morgan fingerprint density at radius 1 is 1.05 bits per heavy atom. The molecule has 2 fully saturated rings. The van der Waals surface area contributed by atoms with Gasteiger partial charge in [0.1, 0.15) is 29.8 Å². The van der Waals surface area contributed by atoms with Crippen LogP contribution in [-0.2, 0) is 0 Å². The highest BCUT2D eigenvalue weighted by atomic mass is 19.1. The molecule has 2 aromatic heterocycles. The van der Waals surface area contributed by atoms with Crippen molar-refractivity contribution in [3.8, 4) is 17.3 Å². The third-order valence-corrected chi connectivity index (χ3v) is 7.56. The fraction of sp³-hybridized carbons (Fsp3) is 0.393. The number of hydrogen-bond acceptors (Lipinski definition) is 7. The smallest absolute Gasteiger partial charge is 0.320 e. The minimum absolute atomic E-state index is 0.0580. The molecule has 0 bridgehead atoms. The van der Waals surface area contributed by atoms with Gasteiger partial charge in [0.15, 0.2) is 5.65 Å². The van der Waals surface area contributed by atoms with Crippen LogP contribution in [0.4, 0.5) is 14.6 Å². The van der Waals surface area contributed by atoms with Crippen molar-refractivity contribution in [2.24, 2.45) is 0 Å². The number of pyridine rings is 1. The van der Waals surface area contributed by atoms with E-state index in [-0.39, 0.29) is 17.7 Å². The Morgan fingerprint density at radius 2 is 1.89 bits per heavy atom. The number of ether oxygens (including phenoxy) is 1. The number of hydrogen-bond donors (Lipinski definition) is 1. The summed E-state index contributed by atoms with van der Waals surface area (Å²) in [5.41, 5.74) is 0.777. The van der Waals surface area contributed by atoms with Gasteiger partial charge in [-0.2, -0.15) is 9.97 Å². The number of piperazine rings is 1. The summed E-state index contributed by atoms with van der Waals surface area (Å²) in [6.45, 7) is 5.92. The van der Waals surface area contributed by atoms with Gasteiger partial charge in [-0.3, -0.25) is 0 Å². The summed E-state index contributed by atoms with van der Waals surface area (Å²) in [6, 6.07) is 12.2. The maximum absolute atomic E-state index is 15.7. The zero-order valence-electron chi connectivity index (χ0n) is 21.0. The topological polar surface area (TPSA) is 66.4 Å². The first-order valence-electron chi connectivity index (χ1n) is 12.9. The Balaban J connectivity index is 1.49. The molecule has 2 saturated heterocycles. The highest BCUT2D eigenvalue weighted by Gasteiger charge is 2.26. The summed E-state index contributed by atoms with van der Waals surface area (Å²) in [5.74, 6) is -0.356. The molecule has 6 rings (SSSR count). The van der Waals surface area contributed by atoms with E-state index in [2.05, 4.69) is 39.1 Å². The van der Waals surface area contributed by atoms with Crippen LogP contribution < -0.4 is 15.0 Å². The minimum atomic E-state index is -0.544. The van der Waals surface area contributed by atoms with Crippen molar-refractivity contribution in [2.75, 3.05) is 44.7 Å². The van der Waals surface area contributed by atoms with Gasteiger partial charge in [-0.05, 0) is 50.9 Å². The van der Waals surface area contributed by atoms with Crippen LogP contribution in [0.25, 0.3) is 33.1 Å². The SMILES string of the molecule is CC1CNCCN1c1nc(OC[C@@H]2CCCN2C)nc2nc(-c3cccc4cccc(F)c34)c(F)cc12. The van der Waals surface area contributed by atoms with Gasteiger partial charge in [0.25, 0.3) is 0 Å². The van der Waals surface area contributed by atoms with Gasteiger partial charge in [-0.15, -0.1) is 0 Å². The predicted molar refractivity (Wildman–Crippen MR) is 141 cm³/mol. The molecule has 4 heterocycles. The lowest BCUT2D eigenvalue weighted by molar-refractivity contribution is 0.188. The van der Waals surface area contributed by atoms with Crippen molar-refractivity contribution in [2.45, 2.75) is 31.8 Å². The second-order valence-electron chi connectivity index (χ2n) is 10.00. The summed E-state index contributed by atoms with van der Waals surface area (Å²) >= 11 is 0. The predicted octanol–water partition coefficient (Wildman–Crippen LogP) is 4.39. The maximum Gasteiger partial charge on any atom is 0.320 e. The Hall–Kier alpha value is -3.43. The quantitative estimate of drug-likeness (QED) is 0.432. The van der Waals surface area contributed by atoms with Crippen LogP contribution in [0.15, 0.2) is 42.5 Å². The van der Waals surface area contributed by atoms with Crippen molar-refractivity contribution in [1.29, 1.82) is 0 Å². The third kappa shape index (κ3) is 4.46. The Labute approximate surface area is 214 Å². The van der Waals surface area contributed by atoms with E-state index in [0.717, 1.165) is 39.0 Å². The number of likely N-dealkylation sites (N-methyl/N-ethyl adjacent to an activating group) is 1. The molecule has 0 spiro atoms. The number of anilines is 1. The number of nitrogens with one attached hydrogen (secondary N) is 1. The largest absolute Gasteiger partial charge is 0.462 e. The molecular formula is C28H30F2N6O. The van der Waals surface area contributed by atoms with Gasteiger partial charge >= 0.3 is 6.01 Å². The molecule has 4 aromatic rings. The van der Waals surface area contributed by atoms with Gasteiger partial charge in [0.05, 0.1) is 5.39 Å². The average molecular weight is 505 g/mol. The van der Waals surface area contributed by atoms with Crippen molar-refractivity contribution in [3.63, 3.8) is 0 Å². The van der Waals surface area contributed by atoms with E-state index in [4.69, 9.17) is 9.72 Å². The zero-order chi connectivity index (χ0) is 25.5. The number of likely N-dealkylation sites (tertiary alicyclic amines) is 1. The highest BCUT2D eigenvalue weighted by Crippen LogP contribution is 2.35. The fourth-order valence-corrected chi connectivity index (χ4v) is 5.48. The molecular weight excluding hydrogens is 474 g/mol. The molecule has 0 radical (unpaired) electrons. The number of fused-ring (bicyclic) bond motifs is 2. The van der Waals surface area contributed by atoms with Crippen molar-refractivity contribution >= 4 is 27.6 Å².